The number of benzene rings is 3. The zero-order chi connectivity index (χ0) is 19.3. The van der Waals surface area contributed by atoms with Crippen LogP contribution in [0.4, 0.5) is 10.1 Å². The summed E-state index contributed by atoms with van der Waals surface area (Å²) in [7, 11) is 0. The van der Waals surface area contributed by atoms with E-state index in [0.29, 0.717) is 11.8 Å². The lowest BCUT2D eigenvalue weighted by Gasteiger charge is -2.17. The first-order valence-electron chi connectivity index (χ1n) is 9.22. The fourth-order valence-electron chi connectivity index (χ4n) is 3.04. The van der Waals surface area contributed by atoms with Crippen molar-refractivity contribution in [1.29, 1.82) is 0 Å². The monoisotopic (exact) mass is 373 g/mol. The van der Waals surface area contributed by atoms with Crippen molar-refractivity contribution in [3.63, 3.8) is 0 Å². The number of nitrogens with zero attached hydrogens (tertiary/aromatic N) is 2. The maximum absolute atomic E-state index is 13.4. The van der Waals surface area contributed by atoms with Crippen LogP contribution in [0, 0.1) is 5.82 Å². The summed E-state index contributed by atoms with van der Waals surface area (Å²) in [6.45, 7) is 2.11. The van der Waals surface area contributed by atoms with E-state index in [1.165, 1.54) is 17.7 Å². The highest BCUT2D eigenvalue weighted by molar-refractivity contribution is 5.53. The Bertz CT molecular complexity index is 1040. The predicted octanol–water partition coefficient (Wildman–Crippen LogP) is 5.64. The molecule has 28 heavy (non-hydrogen) atoms. The number of rotatable bonds is 6. The lowest BCUT2D eigenvalue weighted by atomic mass is 10.1. The lowest BCUT2D eigenvalue weighted by Crippen LogP contribution is -2.13. The summed E-state index contributed by atoms with van der Waals surface area (Å²) in [5, 5.41) is 11.9. The molecule has 0 fully saturated rings. The van der Waals surface area contributed by atoms with Crippen LogP contribution in [-0.4, -0.2) is 10.2 Å². The van der Waals surface area contributed by atoms with Gasteiger partial charge in [-0.1, -0.05) is 49.4 Å². The summed E-state index contributed by atoms with van der Waals surface area (Å²) in [5.41, 5.74) is 3.85. The SMILES string of the molecule is CCc1cccc(N[C@H](c2ccc(F)cc2)c2nnc(-c3ccccc3)o2)c1. The Balaban J connectivity index is 1.70. The van der Waals surface area contributed by atoms with Crippen LogP contribution in [0.15, 0.2) is 83.3 Å². The molecule has 0 aliphatic carbocycles. The molecule has 140 valence electrons. The van der Waals surface area contributed by atoms with Crippen LogP contribution < -0.4 is 5.32 Å². The molecule has 1 N–H and O–H groups in total. The van der Waals surface area contributed by atoms with Crippen molar-refractivity contribution in [3.8, 4) is 11.5 Å². The van der Waals surface area contributed by atoms with E-state index in [0.717, 1.165) is 23.2 Å². The Labute approximate surface area is 163 Å². The minimum absolute atomic E-state index is 0.286. The Morgan fingerprint density at radius 1 is 0.929 bits per heavy atom. The summed E-state index contributed by atoms with van der Waals surface area (Å²) in [4.78, 5) is 0. The van der Waals surface area contributed by atoms with Crippen LogP contribution in [0.1, 0.15) is 30.0 Å². The fourth-order valence-corrected chi connectivity index (χ4v) is 3.04. The molecule has 0 bridgehead atoms. The van der Waals surface area contributed by atoms with Gasteiger partial charge in [0.15, 0.2) is 0 Å². The Kier molecular flexibility index (Phi) is 5.15. The summed E-state index contributed by atoms with van der Waals surface area (Å²) >= 11 is 0. The minimum Gasteiger partial charge on any atom is -0.418 e. The molecule has 0 radical (unpaired) electrons. The first kappa shape index (κ1) is 17.9. The standard InChI is InChI=1S/C23H20FN3O/c1-2-16-7-6-10-20(15-16)25-21(17-11-13-19(24)14-12-17)23-27-26-22(28-23)18-8-4-3-5-9-18/h3-15,21,25H,2H2,1H3/t21-/m1/s1. The van der Waals surface area contributed by atoms with Gasteiger partial charge in [0.05, 0.1) is 0 Å². The van der Waals surface area contributed by atoms with Gasteiger partial charge in [0.2, 0.25) is 11.8 Å². The molecule has 3 aromatic carbocycles. The number of hydrogen-bond donors (Lipinski definition) is 1. The molecule has 0 amide bonds. The van der Waals surface area contributed by atoms with Crippen molar-refractivity contribution in [1.82, 2.24) is 10.2 Å². The number of aromatic nitrogens is 2. The van der Waals surface area contributed by atoms with Crippen molar-refractivity contribution in [3.05, 3.63) is 102 Å². The third kappa shape index (κ3) is 3.93. The molecular weight excluding hydrogens is 353 g/mol. The van der Waals surface area contributed by atoms with Crippen LogP contribution in [0.5, 0.6) is 0 Å². The molecule has 1 heterocycles. The number of anilines is 1. The van der Waals surface area contributed by atoms with Crippen molar-refractivity contribution >= 4 is 5.69 Å². The molecular formula is C23H20FN3O. The van der Waals surface area contributed by atoms with Gasteiger partial charge in [-0.15, -0.1) is 10.2 Å². The van der Waals surface area contributed by atoms with E-state index in [-0.39, 0.29) is 5.82 Å². The molecule has 4 aromatic rings. The highest BCUT2D eigenvalue weighted by atomic mass is 19.1. The number of aryl methyl sites for hydroxylation is 1. The molecule has 1 atom stereocenters. The summed E-state index contributed by atoms with van der Waals surface area (Å²) in [5.74, 6) is 0.588. The molecule has 4 rings (SSSR count). The third-order valence-electron chi connectivity index (χ3n) is 4.56. The third-order valence-corrected chi connectivity index (χ3v) is 4.56. The molecule has 0 aliphatic heterocycles. The van der Waals surface area contributed by atoms with Gasteiger partial charge in [-0.3, -0.25) is 0 Å². The van der Waals surface area contributed by atoms with Crippen LogP contribution in [0.3, 0.4) is 0 Å². The van der Waals surface area contributed by atoms with Crippen molar-refractivity contribution in [2.45, 2.75) is 19.4 Å². The molecule has 0 unspecified atom stereocenters. The Morgan fingerprint density at radius 3 is 2.46 bits per heavy atom. The first-order valence-corrected chi connectivity index (χ1v) is 9.22. The number of nitrogens with one attached hydrogen (secondary N) is 1. The van der Waals surface area contributed by atoms with Gasteiger partial charge in [-0.25, -0.2) is 4.39 Å². The molecule has 5 heteroatoms. The van der Waals surface area contributed by atoms with Gasteiger partial charge in [0.1, 0.15) is 11.9 Å². The smallest absolute Gasteiger partial charge is 0.247 e. The summed E-state index contributed by atoms with van der Waals surface area (Å²) in [6, 6.07) is 23.7. The van der Waals surface area contributed by atoms with Crippen LogP contribution in [-0.2, 0) is 6.42 Å². The zero-order valence-electron chi connectivity index (χ0n) is 15.5. The largest absolute Gasteiger partial charge is 0.418 e. The van der Waals surface area contributed by atoms with Gasteiger partial charge in [0, 0.05) is 11.3 Å². The van der Waals surface area contributed by atoms with Crippen LogP contribution in [0.25, 0.3) is 11.5 Å². The second-order valence-electron chi connectivity index (χ2n) is 6.49. The van der Waals surface area contributed by atoms with E-state index >= 15 is 0 Å². The van der Waals surface area contributed by atoms with Gasteiger partial charge in [-0.05, 0) is 53.9 Å². The minimum atomic E-state index is -0.391. The topological polar surface area (TPSA) is 51.0 Å². The van der Waals surface area contributed by atoms with E-state index < -0.39 is 6.04 Å². The van der Waals surface area contributed by atoms with Gasteiger partial charge >= 0.3 is 0 Å². The van der Waals surface area contributed by atoms with Crippen molar-refractivity contribution < 1.29 is 8.81 Å². The van der Waals surface area contributed by atoms with E-state index in [4.69, 9.17) is 4.42 Å². The number of hydrogen-bond acceptors (Lipinski definition) is 4. The lowest BCUT2D eigenvalue weighted by molar-refractivity contribution is 0.493. The number of halogens is 1. The van der Waals surface area contributed by atoms with Crippen LogP contribution >= 0.6 is 0 Å². The van der Waals surface area contributed by atoms with E-state index in [9.17, 15) is 4.39 Å². The van der Waals surface area contributed by atoms with E-state index in [1.807, 2.05) is 42.5 Å². The summed E-state index contributed by atoms with van der Waals surface area (Å²) < 4.78 is 19.4. The second-order valence-corrected chi connectivity index (χ2v) is 6.49. The molecule has 0 saturated heterocycles. The van der Waals surface area contributed by atoms with Crippen molar-refractivity contribution in [2.24, 2.45) is 0 Å². The first-order chi connectivity index (χ1) is 13.7. The molecule has 0 spiro atoms. The average Bonchev–Trinajstić information content (AvgIpc) is 3.23. The summed E-state index contributed by atoms with van der Waals surface area (Å²) in [6.07, 6.45) is 0.940. The fraction of sp³-hybridized carbons (Fsp3) is 0.130. The van der Waals surface area contributed by atoms with Crippen molar-refractivity contribution in [2.75, 3.05) is 5.32 Å². The van der Waals surface area contributed by atoms with Gasteiger partial charge < -0.3 is 9.73 Å². The highest BCUT2D eigenvalue weighted by Gasteiger charge is 2.21. The van der Waals surface area contributed by atoms with Crippen LogP contribution in [0.2, 0.25) is 0 Å². The van der Waals surface area contributed by atoms with E-state index in [2.05, 4.69) is 34.6 Å². The predicted molar refractivity (Wildman–Crippen MR) is 107 cm³/mol. The average molecular weight is 373 g/mol. The Morgan fingerprint density at radius 2 is 1.71 bits per heavy atom. The van der Waals surface area contributed by atoms with Gasteiger partial charge in [-0.2, -0.15) is 0 Å². The maximum Gasteiger partial charge on any atom is 0.247 e. The molecule has 1 aromatic heterocycles. The van der Waals surface area contributed by atoms with Gasteiger partial charge in [0.25, 0.3) is 0 Å². The zero-order valence-corrected chi connectivity index (χ0v) is 15.5. The maximum atomic E-state index is 13.4. The Hall–Kier alpha value is -3.47. The molecule has 0 saturated carbocycles. The quantitative estimate of drug-likeness (QED) is 0.475. The molecule has 4 nitrogen and oxygen atoms in total. The molecule has 0 aliphatic rings. The second kappa shape index (κ2) is 8.05. The van der Waals surface area contributed by atoms with E-state index in [1.54, 1.807) is 12.1 Å². The normalized spacial score (nSPS) is 11.9. The highest BCUT2D eigenvalue weighted by Crippen LogP contribution is 2.29.